The van der Waals surface area contributed by atoms with Gasteiger partial charge in [0.15, 0.2) is 5.96 Å². The van der Waals surface area contributed by atoms with Crippen LogP contribution in [0.4, 0.5) is 4.39 Å². The van der Waals surface area contributed by atoms with Gasteiger partial charge in [-0.3, -0.25) is 4.99 Å². The average molecular weight is 343 g/mol. The third-order valence-electron chi connectivity index (χ3n) is 4.95. The second kappa shape index (κ2) is 8.14. The minimum Gasteiger partial charge on any atom is -0.356 e. The third kappa shape index (κ3) is 4.38. The van der Waals surface area contributed by atoms with E-state index in [4.69, 9.17) is 0 Å². The van der Waals surface area contributed by atoms with Crippen LogP contribution < -0.4 is 5.32 Å². The van der Waals surface area contributed by atoms with E-state index in [9.17, 15) is 4.39 Å². The van der Waals surface area contributed by atoms with Gasteiger partial charge in [0.05, 0.1) is 12.4 Å². The number of benzene rings is 1. The maximum Gasteiger partial charge on any atom is 0.193 e. The standard InChI is InChI=1S/C19H26FN5/c1-15-8-11-24(13-18(15)25-12-10-22-14-25)19(21-2)23-9-7-16-3-5-17(20)6-4-16/h3-6,10,12,14-15,18H,7-9,11,13H2,1-2H3,(H,21,23). The molecule has 2 unspecified atom stereocenters. The lowest BCUT2D eigenvalue weighted by Crippen LogP contribution is -2.49. The molecule has 0 radical (unpaired) electrons. The van der Waals surface area contributed by atoms with Crippen LogP contribution in [0, 0.1) is 11.7 Å². The van der Waals surface area contributed by atoms with E-state index >= 15 is 0 Å². The second-order valence-corrected chi connectivity index (χ2v) is 6.64. The molecule has 6 heteroatoms. The predicted molar refractivity (Wildman–Crippen MR) is 98.1 cm³/mol. The minimum absolute atomic E-state index is 0.194. The Kier molecular flexibility index (Phi) is 5.68. The molecule has 0 saturated carbocycles. The van der Waals surface area contributed by atoms with Crippen LogP contribution in [0.5, 0.6) is 0 Å². The van der Waals surface area contributed by atoms with Gasteiger partial charge in [-0.25, -0.2) is 9.37 Å². The normalized spacial score (nSPS) is 21.4. The molecule has 0 bridgehead atoms. The summed E-state index contributed by atoms with van der Waals surface area (Å²) in [6, 6.07) is 7.08. The summed E-state index contributed by atoms with van der Waals surface area (Å²) in [7, 11) is 1.82. The number of guanidine groups is 1. The molecular weight excluding hydrogens is 317 g/mol. The van der Waals surface area contributed by atoms with E-state index in [0.717, 1.165) is 44.0 Å². The fourth-order valence-electron chi connectivity index (χ4n) is 3.40. The first-order valence-corrected chi connectivity index (χ1v) is 8.85. The average Bonchev–Trinajstić information content (AvgIpc) is 3.15. The number of halogens is 1. The summed E-state index contributed by atoms with van der Waals surface area (Å²) in [6.45, 7) is 5.00. The van der Waals surface area contributed by atoms with Crippen molar-refractivity contribution in [2.75, 3.05) is 26.7 Å². The topological polar surface area (TPSA) is 45.5 Å². The maximum absolute atomic E-state index is 13.0. The van der Waals surface area contributed by atoms with Crippen LogP contribution in [0.1, 0.15) is 24.9 Å². The zero-order chi connectivity index (χ0) is 17.6. The van der Waals surface area contributed by atoms with Crippen molar-refractivity contribution in [3.63, 3.8) is 0 Å². The number of imidazole rings is 1. The molecule has 1 aliphatic heterocycles. The quantitative estimate of drug-likeness (QED) is 0.686. The summed E-state index contributed by atoms with van der Waals surface area (Å²) >= 11 is 0. The minimum atomic E-state index is -0.194. The summed E-state index contributed by atoms with van der Waals surface area (Å²) in [5.74, 6) is 1.35. The number of likely N-dealkylation sites (tertiary alicyclic amines) is 1. The van der Waals surface area contributed by atoms with Crippen molar-refractivity contribution in [2.45, 2.75) is 25.8 Å². The Labute approximate surface area is 148 Å². The lowest BCUT2D eigenvalue weighted by atomic mass is 9.93. The van der Waals surface area contributed by atoms with Crippen molar-refractivity contribution in [3.05, 3.63) is 54.4 Å². The lowest BCUT2D eigenvalue weighted by Gasteiger charge is -2.39. The molecule has 2 aromatic rings. The van der Waals surface area contributed by atoms with Gasteiger partial charge in [-0.1, -0.05) is 19.1 Å². The Balaban J connectivity index is 1.56. The van der Waals surface area contributed by atoms with Crippen LogP contribution in [0.15, 0.2) is 48.0 Å². The summed E-state index contributed by atoms with van der Waals surface area (Å²) in [4.78, 5) is 10.9. The summed E-state index contributed by atoms with van der Waals surface area (Å²) < 4.78 is 15.2. The molecule has 1 saturated heterocycles. The van der Waals surface area contributed by atoms with E-state index in [1.807, 2.05) is 37.9 Å². The molecule has 134 valence electrons. The number of aromatic nitrogens is 2. The first-order chi connectivity index (χ1) is 12.2. The second-order valence-electron chi connectivity index (χ2n) is 6.64. The molecular formula is C19H26FN5. The van der Waals surface area contributed by atoms with Crippen LogP contribution in [0.25, 0.3) is 0 Å². The number of nitrogens with one attached hydrogen (secondary N) is 1. The van der Waals surface area contributed by atoms with Gasteiger partial charge in [0, 0.05) is 39.1 Å². The number of nitrogens with zero attached hydrogens (tertiary/aromatic N) is 4. The van der Waals surface area contributed by atoms with Crippen molar-refractivity contribution in [3.8, 4) is 0 Å². The SMILES string of the molecule is CN=C(NCCc1ccc(F)cc1)N1CCC(C)C(n2ccnc2)C1. The highest BCUT2D eigenvalue weighted by Gasteiger charge is 2.28. The van der Waals surface area contributed by atoms with E-state index in [2.05, 4.69) is 31.7 Å². The van der Waals surface area contributed by atoms with Gasteiger partial charge in [0.2, 0.25) is 0 Å². The molecule has 2 atom stereocenters. The van der Waals surface area contributed by atoms with Gasteiger partial charge < -0.3 is 14.8 Å². The number of aliphatic imine (C=N–C) groups is 1. The summed E-state index contributed by atoms with van der Waals surface area (Å²) in [6.07, 6.45) is 7.74. The number of hydrogen-bond acceptors (Lipinski definition) is 2. The van der Waals surface area contributed by atoms with Gasteiger partial charge in [0.25, 0.3) is 0 Å². The van der Waals surface area contributed by atoms with Crippen molar-refractivity contribution in [1.29, 1.82) is 0 Å². The molecule has 0 aliphatic carbocycles. The van der Waals surface area contributed by atoms with Crippen LogP contribution in [0.3, 0.4) is 0 Å². The molecule has 0 spiro atoms. The Morgan fingerprint density at radius 1 is 1.36 bits per heavy atom. The van der Waals surface area contributed by atoms with Crippen molar-refractivity contribution in [2.24, 2.45) is 10.9 Å². The number of hydrogen-bond donors (Lipinski definition) is 1. The molecule has 1 aromatic carbocycles. The zero-order valence-electron chi connectivity index (χ0n) is 14.9. The first-order valence-electron chi connectivity index (χ1n) is 8.85. The highest BCUT2D eigenvalue weighted by atomic mass is 19.1. The molecule has 1 N–H and O–H groups in total. The maximum atomic E-state index is 13.0. The molecule has 25 heavy (non-hydrogen) atoms. The number of rotatable bonds is 4. The third-order valence-corrected chi connectivity index (χ3v) is 4.95. The zero-order valence-corrected chi connectivity index (χ0v) is 14.9. The summed E-state index contributed by atoms with van der Waals surface area (Å²) in [5.41, 5.74) is 1.12. The van der Waals surface area contributed by atoms with Gasteiger partial charge in [-0.2, -0.15) is 0 Å². The highest BCUT2D eigenvalue weighted by Crippen LogP contribution is 2.27. The van der Waals surface area contributed by atoms with Crippen LogP contribution in [0.2, 0.25) is 0 Å². The molecule has 0 amide bonds. The lowest BCUT2D eigenvalue weighted by molar-refractivity contribution is 0.189. The van der Waals surface area contributed by atoms with E-state index in [-0.39, 0.29) is 5.82 Å². The van der Waals surface area contributed by atoms with Gasteiger partial charge in [-0.05, 0) is 36.5 Å². The Morgan fingerprint density at radius 2 is 2.16 bits per heavy atom. The van der Waals surface area contributed by atoms with E-state index < -0.39 is 0 Å². The molecule has 3 rings (SSSR count). The molecule has 1 aliphatic rings. The van der Waals surface area contributed by atoms with Crippen molar-refractivity contribution < 1.29 is 4.39 Å². The largest absolute Gasteiger partial charge is 0.356 e. The predicted octanol–water partition coefficient (Wildman–Crippen LogP) is 2.72. The van der Waals surface area contributed by atoms with E-state index in [1.54, 1.807) is 0 Å². The molecule has 2 heterocycles. The Bertz CT molecular complexity index is 680. The smallest absolute Gasteiger partial charge is 0.193 e. The highest BCUT2D eigenvalue weighted by molar-refractivity contribution is 5.80. The monoisotopic (exact) mass is 343 g/mol. The summed E-state index contributed by atoms with van der Waals surface area (Å²) in [5, 5.41) is 3.44. The van der Waals surface area contributed by atoms with Gasteiger partial charge >= 0.3 is 0 Å². The Morgan fingerprint density at radius 3 is 2.84 bits per heavy atom. The van der Waals surface area contributed by atoms with Crippen molar-refractivity contribution >= 4 is 5.96 Å². The number of piperidine rings is 1. The fraction of sp³-hybridized carbons (Fsp3) is 0.474. The fourth-order valence-corrected chi connectivity index (χ4v) is 3.40. The van der Waals surface area contributed by atoms with Crippen LogP contribution >= 0.6 is 0 Å². The van der Waals surface area contributed by atoms with Crippen LogP contribution in [-0.4, -0.2) is 47.1 Å². The van der Waals surface area contributed by atoms with Crippen LogP contribution in [-0.2, 0) is 6.42 Å². The Hall–Kier alpha value is -2.37. The molecule has 5 nitrogen and oxygen atoms in total. The molecule has 1 fully saturated rings. The van der Waals surface area contributed by atoms with E-state index in [0.29, 0.717) is 12.0 Å². The van der Waals surface area contributed by atoms with Crippen molar-refractivity contribution in [1.82, 2.24) is 19.8 Å². The first kappa shape index (κ1) is 17.5. The van der Waals surface area contributed by atoms with E-state index in [1.165, 1.54) is 12.1 Å². The van der Waals surface area contributed by atoms with Gasteiger partial charge in [-0.15, -0.1) is 0 Å². The molecule has 1 aromatic heterocycles. The van der Waals surface area contributed by atoms with Gasteiger partial charge in [0.1, 0.15) is 5.82 Å².